The van der Waals surface area contributed by atoms with E-state index in [-0.39, 0.29) is 62.3 Å². The molecule has 0 bridgehead atoms. The molecule has 0 aliphatic rings. The predicted octanol–water partition coefficient (Wildman–Crippen LogP) is 7.42. The number of ether oxygens (including phenoxy) is 4. The number of amides is 4. The molecule has 16 nitrogen and oxygen atoms in total. The van der Waals surface area contributed by atoms with E-state index in [1.807, 2.05) is 49.4 Å². The maximum Gasteiger partial charge on any atom is 0.329 e. The Morgan fingerprint density at radius 3 is 1.97 bits per heavy atom. The van der Waals surface area contributed by atoms with Gasteiger partial charge in [0.2, 0.25) is 12.3 Å². The Balaban J connectivity index is 1.32. The SMILES string of the molecule is CCCCCC(C(=O)NCNC(=O)c1ccc(-c2ccc(C(=O)NC(CC(=O)OCc3ccccc3)C(=O)OCc3ccccc3)c(OCC(=P)OCc3ccccc3)c2)o1)C(CC)N(O)C=O. The molecule has 0 saturated heterocycles. The molecule has 358 valence electrons. The van der Waals surface area contributed by atoms with E-state index in [4.69, 9.17) is 23.4 Å². The van der Waals surface area contributed by atoms with Crippen LogP contribution in [0.4, 0.5) is 0 Å². The number of nitrogens with one attached hydrogen (secondary N) is 3. The number of benzene rings is 4. The van der Waals surface area contributed by atoms with Crippen molar-refractivity contribution >= 4 is 50.4 Å². The van der Waals surface area contributed by atoms with Gasteiger partial charge >= 0.3 is 11.9 Å². The summed E-state index contributed by atoms with van der Waals surface area (Å²) in [5, 5.41) is 18.6. The largest absolute Gasteiger partial charge is 0.486 e. The van der Waals surface area contributed by atoms with Gasteiger partial charge in [-0.1, -0.05) is 139 Å². The van der Waals surface area contributed by atoms with E-state index >= 15 is 0 Å². The highest BCUT2D eigenvalue weighted by Gasteiger charge is 2.31. The molecule has 3 unspecified atom stereocenters. The van der Waals surface area contributed by atoms with Crippen LogP contribution in [-0.4, -0.2) is 77.2 Å². The summed E-state index contributed by atoms with van der Waals surface area (Å²) in [7, 11) is 3.46. The first-order chi connectivity index (χ1) is 33.0. The lowest BCUT2D eigenvalue weighted by Crippen LogP contribution is -2.47. The summed E-state index contributed by atoms with van der Waals surface area (Å²) in [6.45, 7) is 3.44. The topological polar surface area (TPSA) is 212 Å². The fraction of sp³-hybridized carbons (Fsp3) is 0.314. The second kappa shape index (κ2) is 27.5. The van der Waals surface area contributed by atoms with Gasteiger partial charge in [0.05, 0.1) is 37.2 Å². The minimum atomic E-state index is -1.45. The minimum absolute atomic E-state index is 0.0224. The molecule has 1 heterocycles. The molecule has 0 radical (unpaired) electrons. The number of esters is 2. The van der Waals surface area contributed by atoms with Crippen molar-refractivity contribution in [3.05, 3.63) is 149 Å². The lowest BCUT2D eigenvalue weighted by molar-refractivity contribution is -0.168. The zero-order valence-electron chi connectivity index (χ0n) is 38.0. The lowest BCUT2D eigenvalue weighted by Gasteiger charge is -2.29. The summed E-state index contributed by atoms with van der Waals surface area (Å²) in [6, 6.07) is 32.7. The van der Waals surface area contributed by atoms with Crippen LogP contribution in [0.5, 0.6) is 5.75 Å². The number of rotatable bonds is 28. The average molecular weight is 949 g/mol. The monoisotopic (exact) mass is 948 g/mol. The number of carbonyl (C=O) groups is 6. The second-order valence-corrected chi connectivity index (χ2v) is 16.2. The van der Waals surface area contributed by atoms with Crippen LogP contribution in [0.2, 0.25) is 0 Å². The smallest absolute Gasteiger partial charge is 0.329 e. The zero-order chi connectivity index (χ0) is 48.7. The van der Waals surface area contributed by atoms with E-state index in [1.54, 1.807) is 67.6 Å². The van der Waals surface area contributed by atoms with Crippen molar-refractivity contribution in [2.24, 2.45) is 5.92 Å². The number of unbranched alkanes of at least 4 members (excludes halogenated alkanes) is 2. The van der Waals surface area contributed by atoms with E-state index in [1.165, 1.54) is 18.2 Å². The molecule has 4 N–H and O–H groups in total. The van der Waals surface area contributed by atoms with Gasteiger partial charge in [0.1, 0.15) is 42.9 Å². The maximum absolute atomic E-state index is 14.1. The van der Waals surface area contributed by atoms with Crippen LogP contribution in [0.25, 0.3) is 11.3 Å². The average Bonchev–Trinajstić information content (AvgIpc) is 3.87. The Hall–Kier alpha value is -7.13. The third kappa shape index (κ3) is 16.3. The third-order valence-corrected chi connectivity index (χ3v) is 11.0. The standard InChI is InChI=1S/C51H57N4O12P/c1-3-5-9-22-39(42(4-2)55(62)34-56)48(58)52-33-53-50(60)44-26-25-43(67-44)38-23-24-40(45(27-38)63-32-47(68)65-30-36-18-12-7-13-19-36)49(59)54-41(51(61)66-31-37-20-14-8-15-21-37)28-46(57)64-29-35-16-10-6-11-17-35/h6-8,10-21,23-27,34,39,41-42,62,68H,3-5,9,22,28-33H2,1-2H3,(H,52,58)(H,53,60)(H,54,59). The first kappa shape index (κ1) is 51.8. The molecule has 0 fully saturated rings. The molecule has 0 aliphatic heterocycles. The third-order valence-electron chi connectivity index (χ3n) is 10.7. The molecule has 1 aromatic heterocycles. The van der Waals surface area contributed by atoms with Crippen molar-refractivity contribution < 1.29 is 57.3 Å². The zero-order valence-corrected chi connectivity index (χ0v) is 39.0. The van der Waals surface area contributed by atoms with Gasteiger partial charge in [0.25, 0.3) is 11.8 Å². The van der Waals surface area contributed by atoms with Crippen LogP contribution >= 0.6 is 8.86 Å². The molecule has 3 atom stereocenters. The summed E-state index contributed by atoms with van der Waals surface area (Å²) in [4.78, 5) is 78.6. The normalized spacial score (nSPS) is 12.1. The van der Waals surface area contributed by atoms with Gasteiger partial charge in [0.15, 0.2) is 5.76 Å². The molecule has 5 rings (SSSR count). The summed E-state index contributed by atoms with van der Waals surface area (Å²) >= 11 is 0. The number of hydroxylamine groups is 2. The summed E-state index contributed by atoms with van der Waals surface area (Å²) in [5.74, 6) is -4.00. The van der Waals surface area contributed by atoms with Crippen LogP contribution in [0.15, 0.2) is 126 Å². The fourth-order valence-corrected chi connectivity index (χ4v) is 7.17. The minimum Gasteiger partial charge on any atom is -0.486 e. The van der Waals surface area contributed by atoms with Gasteiger partial charge in [-0.3, -0.25) is 29.2 Å². The van der Waals surface area contributed by atoms with Gasteiger partial charge in [-0.2, -0.15) is 0 Å². The number of furan rings is 1. The van der Waals surface area contributed by atoms with Crippen LogP contribution in [0.3, 0.4) is 0 Å². The molecule has 4 amide bonds. The number of hydrogen-bond acceptors (Lipinski definition) is 12. The van der Waals surface area contributed by atoms with Crippen molar-refractivity contribution in [2.45, 2.75) is 84.3 Å². The molecular formula is C51H57N4O12P. The van der Waals surface area contributed by atoms with E-state index < -0.39 is 54.1 Å². The summed E-state index contributed by atoms with van der Waals surface area (Å²) < 4.78 is 28.9. The van der Waals surface area contributed by atoms with E-state index in [9.17, 15) is 34.0 Å². The van der Waals surface area contributed by atoms with Gasteiger partial charge < -0.3 is 39.3 Å². The van der Waals surface area contributed by atoms with Gasteiger partial charge in [0, 0.05) is 5.56 Å². The van der Waals surface area contributed by atoms with Crippen LogP contribution < -0.4 is 20.7 Å². The van der Waals surface area contributed by atoms with Gasteiger partial charge in [-0.25, -0.2) is 9.86 Å². The molecule has 5 aromatic rings. The lowest BCUT2D eigenvalue weighted by atomic mass is 9.90. The Morgan fingerprint density at radius 1 is 0.750 bits per heavy atom. The summed E-state index contributed by atoms with van der Waals surface area (Å²) in [6.07, 6.45) is 3.02. The van der Waals surface area contributed by atoms with Crippen molar-refractivity contribution in [1.82, 2.24) is 21.0 Å². The van der Waals surface area contributed by atoms with Crippen molar-refractivity contribution in [3.8, 4) is 17.1 Å². The molecule has 68 heavy (non-hydrogen) atoms. The first-order valence-corrected chi connectivity index (χ1v) is 22.8. The summed E-state index contributed by atoms with van der Waals surface area (Å²) in [5.41, 5.74) is 3.02. The molecular weight excluding hydrogens is 892 g/mol. The Kier molecular flexibility index (Phi) is 21.0. The fourth-order valence-electron chi connectivity index (χ4n) is 7.03. The highest BCUT2D eigenvalue weighted by Crippen LogP contribution is 2.30. The van der Waals surface area contributed by atoms with Crippen molar-refractivity contribution in [3.63, 3.8) is 0 Å². The Bertz CT molecular complexity index is 2430. The number of carbonyl (C=O) groups excluding carboxylic acids is 6. The molecule has 0 aliphatic carbocycles. The van der Waals surface area contributed by atoms with Crippen LogP contribution in [0, 0.1) is 5.92 Å². The molecule has 0 saturated carbocycles. The van der Waals surface area contributed by atoms with E-state index in [2.05, 4.69) is 24.8 Å². The molecule has 17 heteroatoms. The molecule has 0 spiro atoms. The van der Waals surface area contributed by atoms with Gasteiger partial charge in [-0.15, -0.1) is 0 Å². The highest BCUT2D eigenvalue weighted by molar-refractivity contribution is 7.20. The van der Waals surface area contributed by atoms with Gasteiger partial charge in [-0.05, 0) is 53.8 Å². The van der Waals surface area contributed by atoms with E-state index in [0.717, 1.165) is 24.0 Å². The Labute approximate surface area is 397 Å². The maximum atomic E-state index is 14.1. The van der Waals surface area contributed by atoms with Crippen molar-refractivity contribution in [1.29, 1.82) is 0 Å². The predicted molar refractivity (Wildman–Crippen MR) is 254 cm³/mol. The number of hydrogen-bond donors (Lipinski definition) is 4. The quantitative estimate of drug-likeness (QED) is 0.00734. The van der Waals surface area contributed by atoms with E-state index in [0.29, 0.717) is 40.9 Å². The second-order valence-electron chi connectivity index (χ2n) is 15.6. The number of nitrogens with zero attached hydrogens (tertiary/aromatic N) is 1. The van der Waals surface area contributed by atoms with Crippen LogP contribution in [0.1, 0.15) is 90.0 Å². The molecule has 4 aromatic carbocycles. The van der Waals surface area contributed by atoms with Crippen molar-refractivity contribution in [2.75, 3.05) is 13.3 Å². The Morgan fingerprint density at radius 2 is 1.37 bits per heavy atom. The van der Waals surface area contributed by atoms with Crippen LogP contribution in [-0.2, 0) is 53.2 Å². The first-order valence-electron chi connectivity index (χ1n) is 22.3. The highest BCUT2D eigenvalue weighted by atomic mass is 31.0.